The topological polar surface area (TPSA) is 128 Å². The molecule has 0 spiro atoms. The van der Waals surface area contributed by atoms with Gasteiger partial charge in [-0.25, -0.2) is 14.8 Å². The first-order chi connectivity index (χ1) is 20.5. The molecule has 7 rings (SSSR count). The number of benzene rings is 1. The Morgan fingerprint density at radius 3 is 2.67 bits per heavy atom. The first-order valence-corrected chi connectivity index (χ1v) is 14.8. The summed E-state index contributed by atoms with van der Waals surface area (Å²) in [6.45, 7) is 4.93. The summed E-state index contributed by atoms with van der Waals surface area (Å²) in [5, 5.41) is 4.33. The van der Waals surface area contributed by atoms with Crippen LogP contribution in [0.1, 0.15) is 44.2 Å². The predicted octanol–water partition coefficient (Wildman–Crippen LogP) is 5.29. The zero-order valence-corrected chi connectivity index (χ0v) is 24.0. The highest BCUT2D eigenvalue weighted by Gasteiger charge is 2.32. The zero-order chi connectivity index (χ0) is 28.6. The van der Waals surface area contributed by atoms with Gasteiger partial charge in [-0.2, -0.15) is 4.98 Å². The van der Waals surface area contributed by atoms with Gasteiger partial charge in [-0.1, -0.05) is 66.9 Å². The second kappa shape index (κ2) is 11.3. The number of imidazole rings is 1. The maximum absolute atomic E-state index is 11.8. The van der Waals surface area contributed by atoms with Crippen LogP contribution in [0, 0.1) is 11.8 Å². The minimum Gasteiger partial charge on any atom is -0.377 e. The van der Waals surface area contributed by atoms with Crippen molar-refractivity contribution in [3.05, 3.63) is 69.9 Å². The molecule has 4 aromatic heterocycles. The van der Waals surface area contributed by atoms with Gasteiger partial charge in [-0.15, -0.1) is 0 Å². The molecule has 42 heavy (non-hydrogen) atoms. The fourth-order valence-electron chi connectivity index (χ4n) is 6.16. The largest absolute Gasteiger partial charge is 0.439 e. The van der Waals surface area contributed by atoms with E-state index in [1.165, 1.54) is 12.8 Å². The molecule has 1 aliphatic heterocycles. The molecular weight excluding hydrogens is 556 g/mol. The molecule has 2 fully saturated rings. The van der Waals surface area contributed by atoms with Gasteiger partial charge < -0.3 is 14.2 Å². The summed E-state index contributed by atoms with van der Waals surface area (Å²) in [5.74, 6) is 1.70. The Balaban J connectivity index is 1.45. The van der Waals surface area contributed by atoms with E-state index in [-0.39, 0.29) is 17.7 Å². The van der Waals surface area contributed by atoms with Crippen LogP contribution in [-0.4, -0.2) is 54.4 Å². The molecule has 0 amide bonds. The van der Waals surface area contributed by atoms with Crippen molar-refractivity contribution < 1.29 is 9.26 Å². The minimum absolute atomic E-state index is 0.0162. The number of morpholine rings is 1. The average Bonchev–Trinajstić information content (AvgIpc) is 3.62. The van der Waals surface area contributed by atoms with Gasteiger partial charge in [0, 0.05) is 31.0 Å². The molecule has 11 nitrogen and oxygen atoms in total. The molecule has 1 saturated heterocycles. The van der Waals surface area contributed by atoms with Crippen LogP contribution in [0.3, 0.4) is 0 Å². The number of aromatic nitrogens is 7. The van der Waals surface area contributed by atoms with Crippen LogP contribution in [0.25, 0.3) is 34.1 Å². The van der Waals surface area contributed by atoms with Crippen molar-refractivity contribution >= 4 is 28.7 Å². The van der Waals surface area contributed by atoms with E-state index in [0.717, 1.165) is 42.3 Å². The Labute approximate surface area is 246 Å². The van der Waals surface area contributed by atoms with Crippen molar-refractivity contribution in [2.45, 2.75) is 45.2 Å². The van der Waals surface area contributed by atoms with Crippen molar-refractivity contribution in [3.8, 4) is 22.9 Å². The molecule has 1 aromatic carbocycles. The summed E-state index contributed by atoms with van der Waals surface area (Å²) < 4.78 is 13.0. The molecule has 1 atom stereocenters. The Morgan fingerprint density at radius 2 is 1.90 bits per heavy atom. The maximum Gasteiger partial charge on any atom is 0.439 e. The smallest absolute Gasteiger partial charge is 0.377 e. The van der Waals surface area contributed by atoms with E-state index in [9.17, 15) is 4.79 Å². The molecule has 1 saturated carbocycles. The van der Waals surface area contributed by atoms with E-state index >= 15 is 0 Å². The first kappa shape index (κ1) is 26.8. The first-order valence-electron chi connectivity index (χ1n) is 14.4. The number of nitrogens with one attached hydrogen (secondary N) is 1. The molecule has 2 aliphatic rings. The molecule has 5 heterocycles. The number of aromatic amines is 1. The van der Waals surface area contributed by atoms with Gasteiger partial charge in [0.15, 0.2) is 5.65 Å². The van der Waals surface area contributed by atoms with Crippen molar-refractivity contribution in [2.75, 3.05) is 24.7 Å². The van der Waals surface area contributed by atoms with Gasteiger partial charge in [0.25, 0.3) is 0 Å². The molecule has 1 N–H and O–H groups in total. The fourth-order valence-corrected chi connectivity index (χ4v) is 6.33. The van der Waals surface area contributed by atoms with Crippen molar-refractivity contribution in [1.82, 2.24) is 34.6 Å². The molecule has 0 bridgehead atoms. The van der Waals surface area contributed by atoms with Gasteiger partial charge in [0.1, 0.15) is 11.2 Å². The highest BCUT2D eigenvalue weighted by Crippen LogP contribution is 2.38. The number of nitrogens with zero attached hydrogens (tertiary/aromatic N) is 7. The SMILES string of the molecule is CC1CCC(Cn2c(N3CCOC[C@H]3c3ccccc3)nc3nc(-c4noc(=O)[nH]4)nc(-c4cncc(Cl)c4)c32)CC1. The fraction of sp³-hybridized carbons (Fsp3) is 0.400. The van der Waals surface area contributed by atoms with Crippen LogP contribution >= 0.6 is 11.6 Å². The number of ether oxygens (including phenoxy) is 1. The second-order valence-corrected chi connectivity index (χ2v) is 11.7. The molecule has 5 aromatic rings. The van der Waals surface area contributed by atoms with E-state index in [2.05, 4.69) is 55.8 Å². The minimum atomic E-state index is -0.684. The predicted molar refractivity (Wildman–Crippen MR) is 158 cm³/mol. The number of pyridine rings is 1. The van der Waals surface area contributed by atoms with Crippen molar-refractivity contribution in [1.29, 1.82) is 0 Å². The lowest BCUT2D eigenvalue weighted by molar-refractivity contribution is 0.0927. The maximum atomic E-state index is 11.8. The lowest BCUT2D eigenvalue weighted by Gasteiger charge is -2.37. The summed E-state index contributed by atoms with van der Waals surface area (Å²) >= 11 is 6.40. The molecule has 12 heteroatoms. The average molecular weight is 587 g/mol. The lowest BCUT2D eigenvalue weighted by Crippen LogP contribution is -2.41. The van der Waals surface area contributed by atoms with Crippen LogP contribution in [0.5, 0.6) is 0 Å². The Kier molecular flexibility index (Phi) is 7.20. The molecule has 0 radical (unpaired) electrons. The number of H-pyrrole nitrogens is 1. The van der Waals surface area contributed by atoms with E-state index in [4.69, 9.17) is 35.8 Å². The van der Waals surface area contributed by atoms with E-state index in [0.29, 0.717) is 47.6 Å². The molecule has 0 unspecified atom stereocenters. The number of rotatable bonds is 6. The standard InChI is InChI=1S/C30H31ClN8O3/c1-18-7-9-19(10-8-18)16-39-25-24(21-13-22(31)15-32-14-21)33-27(28-36-30(40)42-37-28)34-26(25)35-29(39)38-11-12-41-17-23(38)20-5-3-2-4-6-20/h2-6,13-15,18-19,23H,7-12,16-17H2,1H3,(H,36,37,40)/t18?,19?,23-/m0/s1. The van der Waals surface area contributed by atoms with Gasteiger partial charge >= 0.3 is 5.76 Å². The van der Waals surface area contributed by atoms with Gasteiger partial charge in [-0.3, -0.25) is 14.5 Å². The van der Waals surface area contributed by atoms with Crippen LogP contribution in [-0.2, 0) is 11.3 Å². The highest BCUT2D eigenvalue weighted by molar-refractivity contribution is 6.30. The number of hydrogen-bond donors (Lipinski definition) is 1. The summed E-state index contributed by atoms with van der Waals surface area (Å²) in [4.78, 5) is 35.9. The van der Waals surface area contributed by atoms with Crippen molar-refractivity contribution in [3.63, 3.8) is 0 Å². The Morgan fingerprint density at radius 1 is 1.07 bits per heavy atom. The summed E-state index contributed by atoms with van der Waals surface area (Å²) in [6.07, 6.45) is 8.04. The third-order valence-electron chi connectivity index (χ3n) is 8.36. The summed E-state index contributed by atoms with van der Waals surface area (Å²) in [7, 11) is 0. The Bertz CT molecular complexity index is 1760. The van der Waals surface area contributed by atoms with Crippen LogP contribution in [0.2, 0.25) is 5.02 Å². The quantitative estimate of drug-likeness (QED) is 0.282. The normalized spacial score (nSPS) is 21.2. The van der Waals surface area contributed by atoms with E-state index in [1.807, 2.05) is 12.1 Å². The second-order valence-electron chi connectivity index (χ2n) is 11.2. The number of fused-ring (bicyclic) bond motifs is 1. The molecular formula is C30H31ClN8O3. The highest BCUT2D eigenvalue weighted by atomic mass is 35.5. The number of hydrogen-bond acceptors (Lipinski definition) is 9. The number of anilines is 1. The number of halogens is 1. The van der Waals surface area contributed by atoms with Crippen LogP contribution in [0.15, 0.2) is 58.1 Å². The van der Waals surface area contributed by atoms with Crippen molar-refractivity contribution in [2.24, 2.45) is 11.8 Å². The van der Waals surface area contributed by atoms with Gasteiger partial charge in [0.2, 0.25) is 17.6 Å². The Hall–Kier alpha value is -4.09. The van der Waals surface area contributed by atoms with Crippen LogP contribution < -0.4 is 10.7 Å². The third-order valence-corrected chi connectivity index (χ3v) is 8.57. The molecule has 1 aliphatic carbocycles. The third kappa shape index (κ3) is 5.18. The van der Waals surface area contributed by atoms with Gasteiger partial charge in [-0.05, 0) is 36.3 Å². The van der Waals surface area contributed by atoms with E-state index in [1.54, 1.807) is 12.4 Å². The summed E-state index contributed by atoms with van der Waals surface area (Å²) in [6, 6.07) is 12.2. The lowest BCUT2D eigenvalue weighted by atomic mass is 9.83. The van der Waals surface area contributed by atoms with E-state index < -0.39 is 5.76 Å². The zero-order valence-electron chi connectivity index (χ0n) is 23.2. The van der Waals surface area contributed by atoms with Crippen LogP contribution in [0.4, 0.5) is 5.95 Å². The molecule has 216 valence electrons. The summed E-state index contributed by atoms with van der Waals surface area (Å²) in [5.41, 5.74) is 3.78. The monoisotopic (exact) mass is 586 g/mol. The van der Waals surface area contributed by atoms with Gasteiger partial charge in [0.05, 0.1) is 24.3 Å².